The maximum absolute atomic E-state index is 5.64. The Hall–Kier alpha value is -2.44. The molecule has 0 bridgehead atoms. The molecule has 2 N–H and O–H groups in total. The fraction of sp³-hybridized carbons (Fsp3) is 0.429. The van der Waals surface area contributed by atoms with Crippen LogP contribution >= 0.6 is 0 Å². The van der Waals surface area contributed by atoms with E-state index in [2.05, 4.69) is 45.7 Å². The first-order valence-electron chi connectivity index (χ1n) is 9.47. The average Bonchev–Trinajstić information content (AvgIpc) is 2.71. The van der Waals surface area contributed by atoms with Crippen LogP contribution in [-0.4, -0.2) is 37.3 Å². The van der Waals surface area contributed by atoms with Crippen molar-refractivity contribution in [2.75, 3.05) is 26.4 Å². The standard InChI is InChI=1S/C21H30N4O2/c1-3-22-21(25-16-20-10-5-6-11-23-20)24-15-18-8-7-9-19(14-18)17-27-13-12-26-4-2/h5-11,14H,3-4,12-13,15-17H2,1-2H3,(H2,22,24,25). The number of nitrogens with one attached hydrogen (secondary N) is 2. The van der Waals surface area contributed by atoms with Crippen LogP contribution in [0, 0.1) is 0 Å². The van der Waals surface area contributed by atoms with Crippen molar-refractivity contribution in [2.45, 2.75) is 33.5 Å². The summed E-state index contributed by atoms with van der Waals surface area (Å²) in [6.45, 7) is 8.64. The van der Waals surface area contributed by atoms with Crippen LogP contribution in [0.2, 0.25) is 0 Å². The Morgan fingerprint density at radius 1 is 1.00 bits per heavy atom. The molecular formula is C21H30N4O2. The third kappa shape index (κ3) is 8.66. The molecule has 6 nitrogen and oxygen atoms in total. The van der Waals surface area contributed by atoms with Gasteiger partial charge in [-0.1, -0.05) is 30.3 Å². The maximum atomic E-state index is 5.64. The SMILES string of the molecule is CCNC(=NCc1cccc(COCCOCC)c1)NCc1ccccn1. The van der Waals surface area contributed by atoms with Crippen LogP contribution in [0.5, 0.6) is 0 Å². The Kier molecular flexibility index (Phi) is 9.92. The van der Waals surface area contributed by atoms with Crippen molar-refractivity contribution >= 4 is 5.96 Å². The average molecular weight is 370 g/mol. The van der Waals surface area contributed by atoms with Gasteiger partial charge in [0.25, 0.3) is 0 Å². The summed E-state index contributed by atoms with van der Waals surface area (Å²) in [7, 11) is 0. The number of nitrogens with zero attached hydrogens (tertiary/aromatic N) is 2. The molecule has 0 saturated carbocycles. The summed E-state index contributed by atoms with van der Waals surface area (Å²) in [5, 5.41) is 6.58. The van der Waals surface area contributed by atoms with Crippen LogP contribution < -0.4 is 10.6 Å². The zero-order valence-electron chi connectivity index (χ0n) is 16.3. The van der Waals surface area contributed by atoms with Crippen LogP contribution in [0.15, 0.2) is 53.7 Å². The molecule has 2 aromatic rings. The van der Waals surface area contributed by atoms with E-state index >= 15 is 0 Å². The molecule has 2 rings (SSSR count). The summed E-state index contributed by atoms with van der Waals surface area (Å²) in [4.78, 5) is 8.99. The van der Waals surface area contributed by atoms with Crippen molar-refractivity contribution in [1.82, 2.24) is 15.6 Å². The number of benzene rings is 1. The van der Waals surface area contributed by atoms with E-state index in [-0.39, 0.29) is 0 Å². The van der Waals surface area contributed by atoms with Crippen LogP contribution in [0.1, 0.15) is 30.7 Å². The van der Waals surface area contributed by atoms with Gasteiger partial charge in [0.1, 0.15) is 0 Å². The number of guanidine groups is 1. The van der Waals surface area contributed by atoms with Gasteiger partial charge in [0.2, 0.25) is 0 Å². The number of ether oxygens (including phenoxy) is 2. The Morgan fingerprint density at radius 2 is 1.85 bits per heavy atom. The van der Waals surface area contributed by atoms with Crippen molar-refractivity contribution in [3.8, 4) is 0 Å². The molecule has 0 saturated heterocycles. The number of aromatic nitrogens is 1. The molecule has 0 atom stereocenters. The molecule has 27 heavy (non-hydrogen) atoms. The van der Waals surface area contributed by atoms with Crippen molar-refractivity contribution in [3.05, 3.63) is 65.5 Å². The van der Waals surface area contributed by atoms with Gasteiger partial charge in [-0.15, -0.1) is 0 Å². The number of hydrogen-bond donors (Lipinski definition) is 2. The molecule has 0 spiro atoms. The lowest BCUT2D eigenvalue weighted by atomic mass is 10.1. The van der Waals surface area contributed by atoms with Crippen molar-refractivity contribution in [1.29, 1.82) is 0 Å². The highest BCUT2D eigenvalue weighted by Gasteiger charge is 2.01. The Bertz CT molecular complexity index is 677. The molecule has 146 valence electrons. The second-order valence-electron chi connectivity index (χ2n) is 5.94. The molecule has 0 aliphatic rings. The van der Waals surface area contributed by atoms with Gasteiger partial charge >= 0.3 is 0 Å². The summed E-state index contributed by atoms with van der Waals surface area (Å²) in [5.41, 5.74) is 3.27. The second kappa shape index (κ2) is 12.8. The highest BCUT2D eigenvalue weighted by atomic mass is 16.5. The largest absolute Gasteiger partial charge is 0.379 e. The molecule has 0 aliphatic carbocycles. The van der Waals surface area contributed by atoms with E-state index in [1.165, 1.54) is 0 Å². The molecule has 0 amide bonds. The van der Waals surface area contributed by atoms with Gasteiger partial charge in [0.05, 0.1) is 38.6 Å². The fourth-order valence-electron chi connectivity index (χ4n) is 2.46. The highest BCUT2D eigenvalue weighted by molar-refractivity contribution is 5.79. The van der Waals surface area contributed by atoms with Gasteiger partial charge in [-0.3, -0.25) is 4.98 Å². The number of rotatable bonds is 11. The monoisotopic (exact) mass is 370 g/mol. The molecule has 0 fully saturated rings. The van der Waals surface area contributed by atoms with Gasteiger partial charge in [0.15, 0.2) is 5.96 Å². The highest BCUT2D eigenvalue weighted by Crippen LogP contribution is 2.08. The molecule has 6 heteroatoms. The lowest BCUT2D eigenvalue weighted by molar-refractivity contribution is 0.0453. The Balaban J connectivity index is 1.85. The van der Waals surface area contributed by atoms with Gasteiger partial charge < -0.3 is 20.1 Å². The number of pyridine rings is 1. The molecule has 0 radical (unpaired) electrons. The van der Waals surface area contributed by atoms with Crippen molar-refractivity contribution in [3.63, 3.8) is 0 Å². The summed E-state index contributed by atoms with van der Waals surface area (Å²) < 4.78 is 10.9. The normalized spacial score (nSPS) is 11.4. The molecule has 0 aliphatic heterocycles. The fourth-order valence-corrected chi connectivity index (χ4v) is 2.46. The summed E-state index contributed by atoms with van der Waals surface area (Å²) in [6, 6.07) is 14.2. The minimum absolute atomic E-state index is 0.586. The molecule has 1 aromatic heterocycles. The summed E-state index contributed by atoms with van der Waals surface area (Å²) >= 11 is 0. The number of hydrogen-bond acceptors (Lipinski definition) is 4. The second-order valence-corrected chi connectivity index (χ2v) is 5.94. The van der Waals surface area contributed by atoms with E-state index in [1.807, 2.05) is 31.2 Å². The topological polar surface area (TPSA) is 67.8 Å². The first-order valence-corrected chi connectivity index (χ1v) is 9.47. The minimum Gasteiger partial charge on any atom is -0.379 e. The predicted octanol–water partition coefficient (Wildman–Crippen LogP) is 2.89. The molecule has 1 heterocycles. The lowest BCUT2D eigenvalue weighted by Crippen LogP contribution is -2.37. The minimum atomic E-state index is 0.586. The van der Waals surface area contributed by atoms with E-state index in [4.69, 9.17) is 9.47 Å². The van der Waals surface area contributed by atoms with Crippen molar-refractivity contribution in [2.24, 2.45) is 4.99 Å². The summed E-state index contributed by atoms with van der Waals surface area (Å²) in [5.74, 6) is 0.779. The first-order chi connectivity index (χ1) is 13.3. The van der Waals surface area contributed by atoms with E-state index in [1.54, 1.807) is 6.20 Å². The number of aliphatic imine (C=N–C) groups is 1. The first kappa shape index (κ1) is 20.9. The summed E-state index contributed by atoms with van der Waals surface area (Å²) in [6.07, 6.45) is 1.79. The molecule has 1 aromatic carbocycles. The quantitative estimate of drug-likeness (QED) is 0.362. The van der Waals surface area contributed by atoms with E-state index in [0.29, 0.717) is 32.9 Å². The molecule has 0 unspecified atom stereocenters. The van der Waals surface area contributed by atoms with E-state index in [0.717, 1.165) is 35.9 Å². The van der Waals surface area contributed by atoms with Crippen LogP contribution in [0.3, 0.4) is 0 Å². The van der Waals surface area contributed by atoms with E-state index in [9.17, 15) is 0 Å². The maximum Gasteiger partial charge on any atom is 0.191 e. The Labute approximate surface area is 162 Å². The zero-order chi connectivity index (χ0) is 19.2. The van der Waals surface area contributed by atoms with Gasteiger partial charge in [-0.2, -0.15) is 0 Å². The molecular weight excluding hydrogens is 340 g/mol. The van der Waals surface area contributed by atoms with Crippen LogP contribution in [0.4, 0.5) is 0 Å². The van der Waals surface area contributed by atoms with Gasteiger partial charge in [0, 0.05) is 19.3 Å². The lowest BCUT2D eigenvalue weighted by Gasteiger charge is -2.11. The van der Waals surface area contributed by atoms with Crippen molar-refractivity contribution < 1.29 is 9.47 Å². The third-order valence-electron chi connectivity index (χ3n) is 3.76. The van der Waals surface area contributed by atoms with Gasteiger partial charge in [-0.25, -0.2) is 4.99 Å². The smallest absolute Gasteiger partial charge is 0.191 e. The van der Waals surface area contributed by atoms with Crippen LogP contribution in [0.25, 0.3) is 0 Å². The van der Waals surface area contributed by atoms with Gasteiger partial charge in [-0.05, 0) is 37.1 Å². The predicted molar refractivity (Wildman–Crippen MR) is 108 cm³/mol. The van der Waals surface area contributed by atoms with E-state index < -0.39 is 0 Å². The zero-order valence-corrected chi connectivity index (χ0v) is 16.3. The van der Waals surface area contributed by atoms with Crippen LogP contribution in [-0.2, 0) is 29.2 Å². The Morgan fingerprint density at radius 3 is 2.63 bits per heavy atom. The third-order valence-corrected chi connectivity index (χ3v) is 3.76.